The minimum absolute atomic E-state index is 0.0164. The zero-order valence-electron chi connectivity index (χ0n) is 14.8. The molecule has 1 aliphatic rings. The van der Waals surface area contributed by atoms with Gasteiger partial charge in [-0.25, -0.2) is 0 Å². The van der Waals surface area contributed by atoms with Crippen molar-refractivity contribution in [3.8, 4) is 0 Å². The second-order valence-corrected chi connectivity index (χ2v) is 6.63. The van der Waals surface area contributed by atoms with E-state index in [1.165, 1.54) is 12.1 Å². The van der Waals surface area contributed by atoms with Gasteiger partial charge < -0.3 is 4.90 Å². The van der Waals surface area contributed by atoms with Crippen LogP contribution in [0.3, 0.4) is 0 Å². The number of carbonyl (C=O) groups excluding carboxylic acids is 1. The van der Waals surface area contributed by atoms with Crippen LogP contribution in [0.15, 0.2) is 54.6 Å². The van der Waals surface area contributed by atoms with E-state index in [0.717, 1.165) is 31.2 Å². The van der Waals surface area contributed by atoms with E-state index in [1.54, 1.807) is 18.2 Å². The minimum Gasteiger partial charge on any atom is -0.339 e. The predicted octanol–water partition coefficient (Wildman–Crippen LogP) is 4.54. The number of benzene rings is 2. The molecule has 1 amide bonds. The van der Waals surface area contributed by atoms with Gasteiger partial charge in [0, 0.05) is 30.8 Å². The second kappa shape index (κ2) is 7.95. The Morgan fingerprint density at radius 3 is 2.46 bits per heavy atom. The van der Waals surface area contributed by atoms with E-state index in [4.69, 9.17) is 0 Å². The molecule has 5 heteroatoms. The number of hydrogen-bond acceptors (Lipinski definition) is 3. The van der Waals surface area contributed by atoms with Gasteiger partial charge in [0.25, 0.3) is 11.6 Å². The lowest BCUT2D eigenvalue weighted by molar-refractivity contribution is -0.384. The number of nitro benzene ring substituents is 1. The van der Waals surface area contributed by atoms with Crippen molar-refractivity contribution < 1.29 is 9.72 Å². The summed E-state index contributed by atoms with van der Waals surface area (Å²) in [5, 5.41) is 11.0. The average molecular weight is 350 g/mol. The first-order valence-electron chi connectivity index (χ1n) is 8.85. The molecule has 0 atom stereocenters. The summed E-state index contributed by atoms with van der Waals surface area (Å²) in [7, 11) is 1.85. The van der Waals surface area contributed by atoms with Gasteiger partial charge in [-0.3, -0.25) is 14.9 Å². The summed E-state index contributed by atoms with van der Waals surface area (Å²) in [5.74, 6) is -0.0467. The first-order chi connectivity index (χ1) is 12.6. The molecule has 1 aliphatic carbocycles. The zero-order chi connectivity index (χ0) is 18.5. The molecule has 2 aromatic rings. The molecular weight excluding hydrogens is 328 g/mol. The van der Waals surface area contributed by atoms with E-state index in [0.29, 0.717) is 11.1 Å². The number of likely N-dealkylation sites (N-methyl/N-ethyl adjacent to an activating group) is 1. The van der Waals surface area contributed by atoms with Crippen molar-refractivity contribution in [3.05, 3.63) is 75.8 Å². The van der Waals surface area contributed by atoms with Gasteiger partial charge >= 0.3 is 0 Å². The van der Waals surface area contributed by atoms with Crippen LogP contribution >= 0.6 is 0 Å². The lowest BCUT2D eigenvalue weighted by atomic mass is 10.0. The van der Waals surface area contributed by atoms with Crippen molar-refractivity contribution in [2.75, 3.05) is 7.05 Å². The molecule has 134 valence electrons. The Kier molecular flexibility index (Phi) is 5.46. The van der Waals surface area contributed by atoms with Crippen LogP contribution in [0.2, 0.25) is 0 Å². The Morgan fingerprint density at radius 1 is 1.12 bits per heavy atom. The van der Waals surface area contributed by atoms with Crippen LogP contribution in [0.1, 0.15) is 36.8 Å². The fraction of sp³-hybridized carbons (Fsp3) is 0.286. The SMILES string of the molecule is CN(C(=O)/C(=C/c1cccc([N+](=O)[O-])c1)c1ccccc1)C1CCCC1. The number of non-ortho nitro benzene ring substituents is 1. The molecule has 0 spiro atoms. The number of rotatable bonds is 5. The Balaban J connectivity index is 1.99. The first kappa shape index (κ1) is 17.9. The fourth-order valence-electron chi connectivity index (χ4n) is 3.43. The summed E-state index contributed by atoms with van der Waals surface area (Å²) in [4.78, 5) is 25.6. The van der Waals surface area contributed by atoms with Gasteiger partial charge in [0.1, 0.15) is 0 Å². The Labute approximate surface area is 153 Å². The smallest absolute Gasteiger partial charge is 0.270 e. The maximum atomic E-state index is 13.2. The van der Waals surface area contributed by atoms with Gasteiger partial charge in [0.05, 0.1) is 4.92 Å². The molecule has 0 N–H and O–H groups in total. The molecule has 0 aromatic heterocycles. The van der Waals surface area contributed by atoms with E-state index in [9.17, 15) is 14.9 Å². The third-order valence-electron chi connectivity index (χ3n) is 4.90. The molecule has 0 radical (unpaired) electrons. The highest BCUT2D eigenvalue weighted by Gasteiger charge is 2.26. The van der Waals surface area contributed by atoms with Crippen molar-refractivity contribution in [1.82, 2.24) is 4.90 Å². The molecule has 0 aliphatic heterocycles. The van der Waals surface area contributed by atoms with E-state index in [-0.39, 0.29) is 17.6 Å². The minimum atomic E-state index is -0.425. The number of hydrogen-bond donors (Lipinski definition) is 0. The normalized spacial score (nSPS) is 15.0. The average Bonchev–Trinajstić information content (AvgIpc) is 3.20. The molecule has 0 saturated heterocycles. The second-order valence-electron chi connectivity index (χ2n) is 6.63. The predicted molar refractivity (Wildman–Crippen MR) is 102 cm³/mol. The topological polar surface area (TPSA) is 63.5 Å². The maximum Gasteiger partial charge on any atom is 0.270 e. The lowest BCUT2D eigenvalue weighted by Crippen LogP contribution is -2.35. The monoisotopic (exact) mass is 350 g/mol. The van der Waals surface area contributed by atoms with Crippen LogP contribution in [0.4, 0.5) is 5.69 Å². The molecular formula is C21H22N2O3. The standard InChI is InChI=1S/C21H22N2O3/c1-22(18-11-5-6-12-18)21(24)20(17-9-3-2-4-10-17)15-16-8-7-13-19(14-16)23(25)26/h2-4,7-10,13-15,18H,5-6,11-12H2,1H3/b20-15+. The lowest BCUT2D eigenvalue weighted by Gasteiger charge is -2.25. The maximum absolute atomic E-state index is 13.2. The first-order valence-corrected chi connectivity index (χ1v) is 8.85. The van der Waals surface area contributed by atoms with Crippen molar-refractivity contribution in [2.45, 2.75) is 31.7 Å². The van der Waals surface area contributed by atoms with E-state index < -0.39 is 4.92 Å². The van der Waals surface area contributed by atoms with Gasteiger partial charge in [-0.2, -0.15) is 0 Å². The third-order valence-corrected chi connectivity index (χ3v) is 4.90. The van der Waals surface area contributed by atoms with Crippen LogP contribution in [0.5, 0.6) is 0 Å². The number of carbonyl (C=O) groups is 1. The van der Waals surface area contributed by atoms with Crippen molar-refractivity contribution in [2.24, 2.45) is 0 Å². The van der Waals surface area contributed by atoms with Gasteiger partial charge in [0.15, 0.2) is 0 Å². The molecule has 5 nitrogen and oxygen atoms in total. The number of amides is 1. The van der Waals surface area contributed by atoms with E-state index >= 15 is 0 Å². The van der Waals surface area contributed by atoms with Gasteiger partial charge in [-0.1, -0.05) is 55.3 Å². The van der Waals surface area contributed by atoms with E-state index in [1.807, 2.05) is 42.3 Å². The van der Waals surface area contributed by atoms with Crippen LogP contribution < -0.4 is 0 Å². The molecule has 2 aromatic carbocycles. The van der Waals surface area contributed by atoms with Gasteiger partial charge in [0.2, 0.25) is 0 Å². The summed E-state index contributed by atoms with van der Waals surface area (Å²) >= 11 is 0. The molecule has 0 heterocycles. The highest BCUT2D eigenvalue weighted by molar-refractivity contribution is 6.24. The summed E-state index contributed by atoms with van der Waals surface area (Å²) < 4.78 is 0. The Bertz CT molecular complexity index is 824. The van der Waals surface area contributed by atoms with Gasteiger partial charge in [-0.05, 0) is 30.0 Å². The number of nitro groups is 1. The van der Waals surface area contributed by atoms with Crippen LogP contribution in [0.25, 0.3) is 11.6 Å². The summed E-state index contributed by atoms with van der Waals surface area (Å²) in [6, 6.07) is 16.1. The Hall–Kier alpha value is -2.95. The van der Waals surface area contributed by atoms with Gasteiger partial charge in [-0.15, -0.1) is 0 Å². The van der Waals surface area contributed by atoms with Crippen molar-refractivity contribution in [3.63, 3.8) is 0 Å². The largest absolute Gasteiger partial charge is 0.339 e. The number of nitrogens with zero attached hydrogens (tertiary/aromatic N) is 2. The quantitative estimate of drug-likeness (QED) is 0.344. The molecule has 26 heavy (non-hydrogen) atoms. The zero-order valence-corrected chi connectivity index (χ0v) is 14.8. The molecule has 0 unspecified atom stereocenters. The van der Waals surface area contributed by atoms with Crippen molar-refractivity contribution in [1.29, 1.82) is 0 Å². The van der Waals surface area contributed by atoms with E-state index in [2.05, 4.69) is 0 Å². The summed E-state index contributed by atoms with van der Waals surface area (Å²) in [6.07, 6.45) is 6.10. The molecule has 1 saturated carbocycles. The van der Waals surface area contributed by atoms with Crippen LogP contribution in [-0.2, 0) is 4.79 Å². The van der Waals surface area contributed by atoms with Crippen molar-refractivity contribution >= 4 is 23.2 Å². The fourth-order valence-corrected chi connectivity index (χ4v) is 3.43. The highest BCUT2D eigenvalue weighted by Crippen LogP contribution is 2.27. The Morgan fingerprint density at radius 2 is 1.81 bits per heavy atom. The molecule has 1 fully saturated rings. The summed E-state index contributed by atoms with van der Waals surface area (Å²) in [5.41, 5.74) is 2.03. The van der Waals surface area contributed by atoms with Crippen LogP contribution in [-0.4, -0.2) is 28.8 Å². The summed E-state index contributed by atoms with van der Waals surface area (Å²) in [6.45, 7) is 0. The third kappa shape index (κ3) is 3.99. The van der Waals surface area contributed by atoms with Crippen LogP contribution in [0, 0.1) is 10.1 Å². The molecule has 0 bridgehead atoms. The highest BCUT2D eigenvalue weighted by atomic mass is 16.6. The molecule has 3 rings (SSSR count).